The Morgan fingerprint density at radius 2 is 1.80 bits per heavy atom. The van der Waals surface area contributed by atoms with Crippen LogP contribution < -0.4 is 0 Å². The molecule has 0 aliphatic heterocycles. The van der Waals surface area contributed by atoms with Crippen LogP contribution in [0, 0.1) is 13.8 Å². The Hall–Kier alpha value is -3.14. The Morgan fingerprint density at radius 3 is 2.50 bits per heavy atom. The summed E-state index contributed by atoms with van der Waals surface area (Å²) in [7, 11) is 0. The maximum absolute atomic E-state index is 12.0. The summed E-state index contributed by atoms with van der Waals surface area (Å²) in [6.07, 6.45) is 4.77. The number of benzene rings is 2. The molecule has 3 aromatic rings. The number of hydrogen-bond donors (Lipinski definition) is 0. The van der Waals surface area contributed by atoms with Crippen molar-refractivity contribution in [3.05, 3.63) is 82.7 Å². The number of carbonyl (C=O) groups is 1. The lowest BCUT2D eigenvalue weighted by atomic mass is 10.1. The summed E-state index contributed by atoms with van der Waals surface area (Å²) in [5.41, 5.74) is 7.33. The molecular formula is C26H30N2O2. The lowest BCUT2D eigenvalue weighted by Gasteiger charge is -2.13. The van der Waals surface area contributed by atoms with Gasteiger partial charge in [0.2, 0.25) is 0 Å². The van der Waals surface area contributed by atoms with Crippen LogP contribution in [0.15, 0.2) is 59.6 Å². The third-order valence-corrected chi connectivity index (χ3v) is 5.27. The fraction of sp³-hybridized carbons (Fsp3) is 0.308. The summed E-state index contributed by atoms with van der Waals surface area (Å²) < 4.78 is 7.54. The fourth-order valence-electron chi connectivity index (χ4n) is 3.54. The van der Waals surface area contributed by atoms with Crippen molar-refractivity contribution in [1.29, 1.82) is 0 Å². The second-order valence-corrected chi connectivity index (χ2v) is 7.44. The van der Waals surface area contributed by atoms with E-state index in [0.717, 1.165) is 36.2 Å². The normalized spacial score (nSPS) is 11.2. The summed E-state index contributed by atoms with van der Waals surface area (Å²) in [6.45, 7) is 8.96. The zero-order chi connectivity index (χ0) is 21.5. The van der Waals surface area contributed by atoms with Crippen LogP contribution in [0.4, 0.5) is 5.69 Å². The van der Waals surface area contributed by atoms with Gasteiger partial charge in [-0.3, -0.25) is 4.99 Å². The molecule has 0 amide bonds. The van der Waals surface area contributed by atoms with Crippen molar-refractivity contribution in [3.8, 4) is 5.69 Å². The third kappa shape index (κ3) is 4.88. The van der Waals surface area contributed by atoms with Crippen molar-refractivity contribution >= 4 is 17.9 Å². The summed E-state index contributed by atoms with van der Waals surface area (Å²) in [6, 6.07) is 17.9. The topological polar surface area (TPSA) is 43.6 Å². The van der Waals surface area contributed by atoms with Crippen LogP contribution in [0.3, 0.4) is 0 Å². The molecule has 156 valence electrons. The first-order valence-corrected chi connectivity index (χ1v) is 10.6. The van der Waals surface area contributed by atoms with Crippen molar-refractivity contribution in [3.63, 3.8) is 0 Å². The van der Waals surface area contributed by atoms with Crippen LogP contribution in [0.25, 0.3) is 5.69 Å². The van der Waals surface area contributed by atoms with Crippen LogP contribution in [-0.2, 0) is 11.2 Å². The molecule has 0 aliphatic carbocycles. The first-order valence-electron chi connectivity index (χ1n) is 10.6. The number of rotatable bonds is 8. The van der Waals surface area contributed by atoms with Gasteiger partial charge in [-0.05, 0) is 68.7 Å². The lowest BCUT2D eigenvalue weighted by Crippen LogP contribution is -2.05. The lowest BCUT2D eigenvalue weighted by molar-refractivity contribution is 0.0500. The van der Waals surface area contributed by atoms with E-state index in [-0.39, 0.29) is 5.97 Å². The first-order chi connectivity index (χ1) is 14.5. The van der Waals surface area contributed by atoms with E-state index < -0.39 is 0 Å². The number of unbranched alkanes of at least 4 members (excludes halogenated alkanes) is 1. The summed E-state index contributed by atoms with van der Waals surface area (Å²) in [4.78, 5) is 16.6. The quantitative estimate of drug-likeness (QED) is 0.250. The maximum Gasteiger partial charge on any atom is 0.338 e. The van der Waals surface area contributed by atoms with Crippen molar-refractivity contribution in [2.45, 2.75) is 47.0 Å². The van der Waals surface area contributed by atoms with Crippen LogP contribution in [0.5, 0.6) is 0 Å². The van der Waals surface area contributed by atoms with E-state index in [0.29, 0.717) is 12.2 Å². The molecule has 0 N–H and O–H groups in total. The number of para-hydroxylation sites is 1. The number of esters is 1. The number of aromatic nitrogens is 1. The first kappa shape index (κ1) is 21.6. The summed E-state index contributed by atoms with van der Waals surface area (Å²) in [5.74, 6) is -0.280. The van der Waals surface area contributed by atoms with Crippen LogP contribution in [-0.4, -0.2) is 23.4 Å². The molecule has 0 fully saturated rings. The van der Waals surface area contributed by atoms with Crippen molar-refractivity contribution in [2.75, 3.05) is 6.61 Å². The van der Waals surface area contributed by atoms with Crippen LogP contribution in [0.1, 0.15) is 59.6 Å². The van der Waals surface area contributed by atoms with E-state index in [9.17, 15) is 4.79 Å². The second kappa shape index (κ2) is 10.1. The van der Waals surface area contributed by atoms with E-state index >= 15 is 0 Å². The van der Waals surface area contributed by atoms with Gasteiger partial charge in [-0.2, -0.15) is 0 Å². The molecule has 4 nitrogen and oxygen atoms in total. The molecule has 30 heavy (non-hydrogen) atoms. The highest BCUT2D eigenvalue weighted by Crippen LogP contribution is 2.24. The number of aliphatic imine (C=N–C) groups is 1. The SMILES string of the molecule is CCCCOC(=O)c1ccc(N=Cc2cc(C)n(-c3ccccc3CC)c2C)cc1. The number of nitrogens with zero attached hydrogens (tertiary/aromatic N) is 2. The van der Waals surface area contributed by atoms with Gasteiger partial charge in [-0.25, -0.2) is 4.79 Å². The molecule has 1 heterocycles. The van der Waals surface area contributed by atoms with Crippen molar-refractivity contribution < 1.29 is 9.53 Å². The minimum absolute atomic E-state index is 0.280. The van der Waals surface area contributed by atoms with Gasteiger partial charge in [-0.15, -0.1) is 0 Å². The number of carbonyl (C=O) groups excluding carboxylic acids is 1. The number of ether oxygens (including phenoxy) is 1. The Bertz CT molecular complexity index is 1030. The van der Waals surface area contributed by atoms with Gasteiger partial charge in [0.15, 0.2) is 0 Å². The molecule has 3 rings (SSSR count). The highest BCUT2D eigenvalue weighted by atomic mass is 16.5. The third-order valence-electron chi connectivity index (χ3n) is 5.27. The molecule has 1 aromatic heterocycles. The number of aryl methyl sites for hydroxylation is 2. The maximum atomic E-state index is 12.0. The Morgan fingerprint density at radius 1 is 1.07 bits per heavy atom. The average Bonchev–Trinajstić information content (AvgIpc) is 3.05. The van der Waals surface area contributed by atoms with E-state index in [1.807, 2.05) is 18.3 Å². The van der Waals surface area contributed by atoms with Gasteiger partial charge < -0.3 is 9.30 Å². The van der Waals surface area contributed by atoms with Crippen molar-refractivity contribution in [1.82, 2.24) is 4.57 Å². The highest BCUT2D eigenvalue weighted by Gasteiger charge is 2.12. The van der Waals surface area contributed by atoms with Crippen molar-refractivity contribution in [2.24, 2.45) is 4.99 Å². The van der Waals surface area contributed by atoms with E-state index in [4.69, 9.17) is 4.74 Å². The smallest absolute Gasteiger partial charge is 0.338 e. The molecule has 0 atom stereocenters. The van der Waals surface area contributed by atoms with Crippen LogP contribution >= 0.6 is 0 Å². The van der Waals surface area contributed by atoms with E-state index in [1.54, 1.807) is 12.1 Å². The molecule has 0 saturated heterocycles. The fourth-order valence-corrected chi connectivity index (χ4v) is 3.54. The average molecular weight is 403 g/mol. The predicted octanol–water partition coefficient (Wildman–Crippen LogP) is 6.36. The Labute approximate surface area is 179 Å². The Balaban J connectivity index is 1.78. The van der Waals surface area contributed by atoms with Gasteiger partial charge in [0.05, 0.1) is 17.9 Å². The minimum Gasteiger partial charge on any atom is -0.462 e. The van der Waals surface area contributed by atoms with E-state index in [2.05, 4.69) is 67.6 Å². The number of hydrogen-bond acceptors (Lipinski definition) is 3. The minimum atomic E-state index is -0.280. The van der Waals surface area contributed by atoms with Gasteiger partial charge in [0, 0.05) is 28.9 Å². The van der Waals surface area contributed by atoms with Gasteiger partial charge in [0.25, 0.3) is 0 Å². The van der Waals surface area contributed by atoms with Gasteiger partial charge in [-0.1, -0.05) is 38.5 Å². The van der Waals surface area contributed by atoms with E-state index in [1.165, 1.54) is 16.9 Å². The highest BCUT2D eigenvalue weighted by molar-refractivity contribution is 5.90. The molecule has 0 radical (unpaired) electrons. The molecular weight excluding hydrogens is 372 g/mol. The molecule has 0 unspecified atom stereocenters. The van der Waals surface area contributed by atoms with Gasteiger partial charge >= 0.3 is 5.97 Å². The summed E-state index contributed by atoms with van der Waals surface area (Å²) in [5, 5.41) is 0. The zero-order valence-electron chi connectivity index (χ0n) is 18.3. The predicted molar refractivity (Wildman–Crippen MR) is 124 cm³/mol. The molecule has 2 aromatic carbocycles. The van der Waals surface area contributed by atoms with Crippen LogP contribution in [0.2, 0.25) is 0 Å². The molecule has 0 spiro atoms. The second-order valence-electron chi connectivity index (χ2n) is 7.44. The van der Waals surface area contributed by atoms with Gasteiger partial charge in [0.1, 0.15) is 0 Å². The standard InChI is InChI=1S/C26H30N2O2/c1-5-7-16-30-26(29)22-12-14-24(15-13-22)27-18-23-17-19(3)28(20(23)4)25-11-9-8-10-21(25)6-2/h8-15,17-18H,5-7,16H2,1-4H3. The summed E-state index contributed by atoms with van der Waals surface area (Å²) >= 11 is 0. The molecule has 4 heteroatoms. The zero-order valence-corrected chi connectivity index (χ0v) is 18.3. The molecule has 0 aliphatic rings. The Kier molecular flexibility index (Phi) is 7.23. The molecule has 0 bridgehead atoms. The monoisotopic (exact) mass is 402 g/mol. The molecule has 0 saturated carbocycles. The largest absolute Gasteiger partial charge is 0.462 e.